The van der Waals surface area contributed by atoms with Gasteiger partial charge in [0.25, 0.3) is 0 Å². The van der Waals surface area contributed by atoms with E-state index in [9.17, 15) is 4.79 Å². The molecule has 82 valence electrons. The number of amides is 1. The predicted octanol–water partition coefficient (Wildman–Crippen LogP) is -0.160. The normalized spacial score (nSPS) is 26.4. The van der Waals surface area contributed by atoms with Gasteiger partial charge in [0.1, 0.15) is 0 Å². The fourth-order valence-corrected chi connectivity index (χ4v) is 2.08. The summed E-state index contributed by atoms with van der Waals surface area (Å²) in [6.07, 6.45) is 3.75. The molecule has 0 saturated heterocycles. The molecule has 0 bridgehead atoms. The van der Waals surface area contributed by atoms with Crippen molar-refractivity contribution in [3.8, 4) is 0 Å². The molecule has 2 unspecified atom stereocenters. The largest absolute Gasteiger partial charge is 0.355 e. The van der Waals surface area contributed by atoms with E-state index < -0.39 is 0 Å². The van der Waals surface area contributed by atoms with Crippen LogP contribution in [-0.2, 0) is 4.79 Å². The Morgan fingerprint density at radius 1 is 1.43 bits per heavy atom. The van der Waals surface area contributed by atoms with Gasteiger partial charge in [0, 0.05) is 26.1 Å². The fraction of sp³-hybridized carbons (Fsp3) is 0.900. The van der Waals surface area contributed by atoms with Crippen LogP contribution in [-0.4, -0.2) is 31.6 Å². The molecule has 4 N–H and O–H groups in total. The van der Waals surface area contributed by atoms with Crippen LogP contribution in [0.5, 0.6) is 0 Å². The van der Waals surface area contributed by atoms with Crippen LogP contribution in [0.1, 0.15) is 26.2 Å². The topological polar surface area (TPSA) is 67.2 Å². The minimum atomic E-state index is 0.0357. The van der Waals surface area contributed by atoms with Crippen LogP contribution in [0.4, 0.5) is 0 Å². The first kappa shape index (κ1) is 11.5. The Balaban J connectivity index is 2.08. The summed E-state index contributed by atoms with van der Waals surface area (Å²) < 4.78 is 0. The van der Waals surface area contributed by atoms with Crippen LogP contribution in [0.25, 0.3) is 0 Å². The molecule has 0 aromatic rings. The summed E-state index contributed by atoms with van der Waals surface area (Å²) in [7, 11) is 0. The molecule has 0 spiro atoms. The summed E-state index contributed by atoms with van der Waals surface area (Å²) in [6, 6.07) is 0.564. The van der Waals surface area contributed by atoms with Crippen LogP contribution < -0.4 is 16.4 Å². The van der Waals surface area contributed by atoms with E-state index in [0.29, 0.717) is 18.5 Å². The van der Waals surface area contributed by atoms with Gasteiger partial charge in [-0.1, -0.05) is 6.42 Å². The van der Waals surface area contributed by atoms with E-state index in [-0.39, 0.29) is 5.91 Å². The Labute approximate surface area is 85.6 Å². The second-order valence-electron chi connectivity index (χ2n) is 3.97. The number of carbonyl (C=O) groups excluding carboxylic acids is 1. The summed E-state index contributed by atoms with van der Waals surface area (Å²) in [5.74, 6) is 0.668. The quantitative estimate of drug-likeness (QED) is 0.539. The van der Waals surface area contributed by atoms with Crippen molar-refractivity contribution >= 4 is 5.91 Å². The van der Waals surface area contributed by atoms with Crippen molar-refractivity contribution in [3.63, 3.8) is 0 Å². The predicted molar refractivity (Wildman–Crippen MR) is 56.9 cm³/mol. The van der Waals surface area contributed by atoms with E-state index in [0.717, 1.165) is 13.1 Å². The lowest BCUT2D eigenvalue weighted by Crippen LogP contribution is -2.40. The van der Waals surface area contributed by atoms with E-state index in [4.69, 9.17) is 5.73 Å². The monoisotopic (exact) mass is 199 g/mol. The summed E-state index contributed by atoms with van der Waals surface area (Å²) in [6.45, 7) is 3.87. The van der Waals surface area contributed by atoms with Gasteiger partial charge >= 0.3 is 0 Å². The van der Waals surface area contributed by atoms with Gasteiger partial charge in [-0.05, 0) is 25.3 Å². The molecule has 1 aliphatic rings. The minimum Gasteiger partial charge on any atom is -0.355 e. The molecule has 2 atom stereocenters. The summed E-state index contributed by atoms with van der Waals surface area (Å²) in [5, 5.41) is 6.21. The summed E-state index contributed by atoms with van der Waals surface area (Å²) in [5.41, 5.74) is 5.67. The van der Waals surface area contributed by atoms with E-state index in [1.807, 2.05) is 0 Å². The Morgan fingerprint density at radius 3 is 2.86 bits per heavy atom. The van der Waals surface area contributed by atoms with Gasteiger partial charge in [0.2, 0.25) is 5.91 Å². The molecule has 14 heavy (non-hydrogen) atoms. The van der Waals surface area contributed by atoms with E-state index in [1.165, 1.54) is 26.2 Å². The third-order valence-electron chi connectivity index (χ3n) is 2.87. The molecule has 0 radical (unpaired) electrons. The number of hydrogen-bond donors (Lipinski definition) is 3. The van der Waals surface area contributed by atoms with Crippen LogP contribution >= 0.6 is 0 Å². The molecular weight excluding hydrogens is 178 g/mol. The number of carbonyl (C=O) groups is 1. The van der Waals surface area contributed by atoms with E-state index in [2.05, 4.69) is 10.6 Å². The molecule has 1 rings (SSSR count). The van der Waals surface area contributed by atoms with Crippen molar-refractivity contribution in [2.75, 3.05) is 19.6 Å². The zero-order valence-electron chi connectivity index (χ0n) is 8.88. The maximum absolute atomic E-state index is 10.6. The zero-order chi connectivity index (χ0) is 10.4. The molecule has 0 aliphatic heterocycles. The average molecular weight is 199 g/mol. The Bertz CT molecular complexity index is 184. The Morgan fingerprint density at radius 2 is 2.21 bits per heavy atom. The second-order valence-corrected chi connectivity index (χ2v) is 3.97. The highest BCUT2D eigenvalue weighted by Crippen LogP contribution is 2.24. The standard InChI is InChI=1S/C10H21N3O/c1-8(14)12-5-6-13-10-4-2-3-9(10)7-11/h9-10,13H,2-7,11H2,1H3,(H,12,14). The van der Waals surface area contributed by atoms with Gasteiger partial charge in [-0.2, -0.15) is 0 Å². The molecule has 0 heterocycles. The zero-order valence-corrected chi connectivity index (χ0v) is 8.88. The molecular formula is C10H21N3O. The van der Waals surface area contributed by atoms with E-state index in [1.54, 1.807) is 0 Å². The second kappa shape index (κ2) is 5.98. The highest BCUT2D eigenvalue weighted by molar-refractivity contribution is 5.72. The van der Waals surface area contributed by atoms with Gasteiger partial charge in [-0.25, -0.2) is 0 Å². The van der Waals surface area contributed by atoms with Crippen molar-refractivity contribution in [2.24, 2.45) is 11.7 Å². The van der Waals surface area contributed by atoms with Crippen LogP contribution in [0, 0.1) is 5.92 Å². The molecule has 1 saturated carbocycles. The Hall–Kier alpha value is -0.610. The van der Waals surface area contributed by atoms with E-state index >= 15 is 0 Å². The smallest absolute Gasteiger partial charge is 0.216 e. The lowest BCUT2D eigenvalue weighted by molar-refractivity contribution is -0.118. The number of hydrogen-bond acceptors (Lipinski definition) is 3. The first-order valence-electron chi connectivity index (χ1n) is 5.42. The lowest BCUT2D eigenvalue weighted by Gasteiger charge is -2.19. The highest BCUT2D eigenvalue weighted by Gasteiger charge is 2.24. The van der Waals surface area contributed by atoms with Gasteiger partial charge < -0.3 is 16.4 Å². The molecule has 1 fully saturated rings. The molecule has 4 nitrogen and oxygen atoms in total. The van der Waals surface area contributed by atoms with Crippen LogP contribution in [0.3, 0.4) is 0 Å². The molecule has 0 aromatic heterocycles. The van der Waals surface area contributed by atoms with Crippen molar-refractivity contribution in [1.82, 2.24) is 10.6 Å². The fourth-order valence-electron chi connectivity index (χ4n) is 2.08. The molecule has 0 aromatic carbocycles. The van der Waals surface area contributed by atoms with Gasteiger partial charge in [-0.3, -0.25) is 4.79 Å². The van der Waals surface area contributed by atoms with Crippen LogP contribution in [0.2, 0.25) is 0 Å². The van der Waals surface area contributed by atoms with Gasteiger partial charge in [0.15, 0.2) is 0 Å². The van der Waals surface area contributed by atoms with Crippen LogP contribution in [0.15, 0.2) is 0 Å². The Kier molecular flexibility index (Phi) is 4.90. The van der Waals surface area contributed by atoms with Crippen molar-refractivity contribution in [2.45, 2.75) is 32.2 Å². The summed E-state index contributed by atoms with van der Waals surface area (Å²) >= 11 is 0. The maximum Gasteiger partial charge on any atom is 0.216 e. The molecule has 1 amide bonds. The summed E-state index contributed by atoms with van der Waals surface area (Å²) in [4.78, 5) is 10.6. The molecule has 1 aliphatic carbocycles. The third kappa shape index (κ3) is 3.64. The minimum absolute atomic E-state index is 0.0357. The first-order valence-corrected chi connectivity index (χ1v) is 5.42. The third-order valence-corrected chi connectivity index (χ3v) is 2.87. The van der Waals surface area contributed by atoms with Crippen molar-refractivity contribution < 1.29 is 4.79 Å². The maximum atomic E-state index is 10.6. The molecule has 4 heteroatoms. The van der Waals surface area contributed by atoms with Gasteiger partial charge in [-0.15, -0.1) is 0 Å². The number of rotatable bonds is 5. The number of nitrogens with two attached hydrogens (primary N) is 1. The SMILES string of the molecule is CC(=O)NCCNC1CCCC1CN. The van der Waals surface area contributed by atoms with Gasteiger partial charge in [0.05, 0.1) is 0 Å². The first-order chi connectivity index (χ1) is 6.74. The lowest BCUT2D eigenvalue weighted by atomic mass is 10.0. The van der Waals surface area contributed by atoms with Crippen molar-refractivity contribution in [1.29, 1.82) is 0 Å². The average Bonchev–Trinajstić information content (AvgIpc) is 2.59. The highest BCUT2D eigenvalue weighted by atomic mass is 16.1. The van der Waals surface area contributed by atoms with Crippen molar-refractivity contribution in [3.05, 3.63) is 0 Å². The number of nitrogens with one attached hydrogen (secondary N) is 2.